The Morgan fingerprint density at radius 3 is 3.06 bits per heavy atom. The zero-order valence-corrected chi connectivity index (χ0v) is 8.94. The second kappa shape index (κ2) is 5.85. The van der Waals surface area contributed by atoms with Crippen molar-refractivity contribution in [3.05, 3.63) is 29.7 Å². The first-order chi connectivity index (χ1) is 7.63. The van der Waals surface area contributed by atoms with E-state index in [1.54, 1.807) is 19.1 Å². The number of nitrogens with two attached hydrogens (primary N) is 1. The average Bonchev–Trinajstić information content (AvgIpc) is 2.24. The zero-order valence-electron chi connectivity index (χ0n) is 8.94. The molecule has 16 heavy (non-hydrogen) atoms. The van der Waals surface area contributed by atoms with Gasteiger partial charge in [-0.05, 0) is 18.6 Å². The third-order valence-electron chi connectivity index (χ3n) is 1.79. The van der Waals surface area contributed by atoms with E-state index in [9.17, 15) is 9.18 Å². The fourth-order valence-corrected chi connectivity index (χ4v) is 1.07. The van der Waals surface area contributed by atoms with Crippen LogP contribution in [0.5, 0.6) is 0 Å². The molecule has 0 spiro atoms. The van der Waals surface area contributed by atoms with Crippen molar-refractivity contribution < 1.29 is 13.9 Å². The molecule has 1 rings (SSSR count). The highest BCUT2D eigenvalue weighted by molar-refractivity contribution is 5.72. The lowest BCUT2D eigenvalue weighted by molar-refractivity contribution is -0.142. The Hall–Kier alpha value is -1.91. The van der Waals surface area contributed by atoms with Crippen molar-refractivity contribution >= 4 is 17.9 Å². The monoisotopic (exact) mass is 224 g/mol. The summed E-state index contributed by atoms with van der Waals surface area (Å²) in [6.07, 6.45) is 4.76. The van der Waals surface area contributed by atoms with E-state index in [4.69, 9.17) is 10.5 Å². The number of nitrogen functional groups attached to an aromatic ring is 1. The van der Waals surface area contributed by atoms with Gasteiger partial charge in [-0.25, -0.2) is 9.37 Å². The summed E-state index contributed by atoms with van der Waals surface area (Å²) in [4.78, 5) is 14.6. The minimum atomic E-state index is -0.571. The van der Waals surface area contributed by atoms with Gasteiger partial charge in [-0.3, -0.25) is 4.79 Å². The van der Waals surface area contributed by atoms with Crippen LogP contribution in [-0.2, 0) is 9.53 Å². The summed E-state index contributed by atoms with van der Waals surface area (Å²) in [7, 11) is 0. The fourth-order valence-electron chi connectivity index (χ4n) is 1.07. The molecule has 0 bridgehead atoms. The summed E-state index contributed by atoms with van der Waals surface area (Å²) in [5.74, 6) is -1.02. The van der Waals surface area contributed by atoms with Crippen LogP contribution in [0, 0.1) is 5.82 Å². The largest absolute Gasteiger partial charge is 0.466 e. The van der Waals surface area contributed by atoms with Crippen molar-refractivity contribution in [3.8, 4) is 0 Å². The molecule has 5 heteroatoms. The van der Waals surface area contributed by atoms with Crippen LogP contribution >= 0.6 is 0 Å². The third kappa shape index (κ3) is 3.68. The molecule has 0 aliphatic heterocycles. The SMILES string of the molecule is CCOC(=O)CC=Cc1cnc(N)c(F)c1. The van der Waals surface area contributed by atoms with E-state index in [2.05, 4.69) is 4.98 Å². The van der Waals surface area contributed by atoms with E-state index in [1.807, 2.05) is 0 Å². The Bertz CT molecular complexity index is 405. The predicted octanol–water partition coefficient (Wildman–Crippen LogP) is 1.77. The number of carbonyl (C=O) groups excluding carboxylic acids is 1. The first kappa shape index (κ1) is 12.2. The highest BCUT2D eigenvalue weighted by Gasteiger charge is 2.00. The Labute approximate surface area is 92.9 Å². The highest BCUT2D eigenvalue weighted by atomic mass is 19.1. The first-order valence-electron chi connectivity index (χ1n) is 4.86. The van der Waals surface area contributed by atoms with E-state index < -0.39 is 5.82 Å². The lowest BCUT2D eigenvalue weighted by Gasteiger charge is -1.98. The first-order valence-corrected chi connectivity index (χ1v) is 4.86. The number of ether oxygens (including phenoxy) is 1. The fraction of sp³-hybridized carbons (Fsp3) is 0.273. The van der Waals surface area contributed by atoms with Gasteiger partial charge in [0.2, 0.25) is 0 Å². The molecule has 0 amide bonds. The molecule has 0 unspecified atom stereocenters. The molecule has 0 saturated heterocycles. The number of pyridine rings is 1. The highest BCUT2D eigenvalue weighted by Crippen LogP contribution is 2.09. The molecule has 2 N–H and O–H groups in total. The zero-order chi connectivity index (χ0) is 12.0. The maximum absolute atomic E-state index is 13.0. The molecule has 0 atom stereocenters. The van der Waals surface area contributed by atoms with Crippen molar-refractivity contribution in [3.63, 3.8) is 0 Å². The number of halogens is 1. The smallest absolute Gasteiger partial charge is 0.309 e. The number of rotatable bonds is 4. The Balaban J connectivity index is 2.56. The normalized spacial score (nSPS) is 10.6. The number of anilines is 1. The summed E-state index contributed by atoms with van der Waals surface area (Å²) < 4.78 is 17.7. The summed E-state index contributed by atoms with van der Waals surface area (Å²) >= 11 is 0. The summed E-state index contributed by atoms with van der Waals surface area (Å²) in [6.45, 7) is 2.09. The summed E-state index contributed by atoms with van der Waals surface area (Å²) in [6, 6.07) is 1.25. The van der Waals surface area contributed by atoms with Gasteiger partial charge in [0.1, 0.15) is 0 Å². The molecule has 1 aromatic rings. The average molecular weight is 224 g/mol. The predicted molar refractivity (Wildman–Crippen MR) is 58.9 cm³/mol. The maximum Gasteiger partial charge on any atom is 0.309 e. The number of aromatic nitrogens is 1. The van der Waals surface area contributed by atoms with Gasteiger partial charge in [0.25, 0.3) is 0 Å². The topological polar surface area (TPSA) is 65.2 Å². The molecule has 0 aromatic carbocycles. The molecule has 1 heterocycles. The minimum Gasteiger partial charge on any atom is -0.466 e. The second-order valence-electron chi connectivity index (χ2n) is 3.05. The van der Waals surface area contributed by atoms with E-state index in [0.717, 1.165) is 0 Å². The van der Waals surface area contributed by atoms with Gasteiger partial charge in [0, 0.05) is 6.20 Å². The van der Waals surface area contributed by atoms with Crippen molar-refractivity contribution in [1.82, 2.24) is 4.98 Å². The quantitative estimate of drug-likeness (QED) is 0.791. The van der Waals surface area contributed by atoms with Crippen molar-refractivity contribution in [1.29, 1.82) is 0 Å². The lowest BCUT2D eigenvalue weighted by atomic mass is 10.2. The molecule has 0 radical (unpaired) electrons. The molecule has 86 valence electrons. The summed E-state index contributed by atoms with van der Waals surface area (Å²) in [5, 5.41) is 0. The molecule has 4 nitrogen and oxygen atoms in total. The van der Waals surface area contributed by atoms with Crippen LogP contribution in [0.2, 0.25) is 0 Å². The van der Waals surface area contributed by atoms with Gasteiger partial charge in [-0.15, -0.1) is 0 Å². The van der Waals surface area contributed by atoms with E-state index in [-0.39, 0.29) is 18.2 Å². The number of hydrogen-bond acceptors (Lipinski definition) is 4. The molecule has 0 aliphatic carbocycles. The standard InChI is InChI=1S/C11H13FN2O2/c1-2-16-10(15)5-3-4-8-6-9(12)11(13)14-7-8/h3-4,6-7H,2,5H2,1H3,(H2,13,14). The van der Waals surface area contributed by atoms with Crippen molar-refractivity contribution in [2.45, 2.75) is 13.3 Å². The molecule has 1 aromatic heterocycles. The minimum absolute atomic E-state index is 0.137. The number of esters is 1. The molecule has 0 fully saturated rings. The third-order valence-corrected chi connectivity index (χ3v) is 1.79. The van der Waals surface area contributed by atoms with Crippen LogP contribution in [0.1, 0.15) is 18.9 Å². The summed E-state index contributed by atoms with van der Waals surface area (Å²) in [5.41, 5.74) is 5.77. The molecule has 0 saturated carbocycles. The van der Waals surface area contributed by atoms with Gasteiger partial charge in [-0.1, -0.05) is 12.2 Å². The van der Waals surface area contributed by atoms with Gasteiger partial charge in [0.15, 0.2) is 11.6 Å². The molecular formula is C11H13FN2O2. The Morgan fingerprint density at radius 2 is 2.44 bits per heavy atom. The van der Waals surface area contributed by atoms with Crippen LogP contribution in [0.3, 0.4) is 0 Å². The maximum atomic E-state index is 13.0. The van der Waals surface area contributed by atoms with Gasteiger partial charge in [0.05, 0.1) is 13.0 Å². The number of carbonyl (C=O) groups is 1. The van der Waals surface area contributed by atoms with E-state index in [1.165, 1.54) is 12.3 Å². The Morgan fingerprint density at radius 1 is 1.69 bits per heavy atom. The van der Waals surface area contributed by atoms with Crippen LogP contribution in [0.25, 0.3) is 6.08 Å². The van der Waals surface area contributed by atoms with Crippen LogP contribution < -0.4 is 5.73 Å². The Kier molecular flexibility index (Phi) is 4.44. The molecule has 0 aliphatic rings. The van der Waals surface area contributed by atoms with Crippen molar-refractivity contribution in [2.75, 3.05) is 12.3 Å². The van der Waals surface area contributed by atoms with Crippen molar-refractivity contribution in [2.24, 2.45) is 0 Å². The van der Waals surface area contributed by atoms with Gasteiger partial charge >= 0.3 is 5.97 Å². The van der Waals surface area contributed by atoms with Crippen LogP contribution in [0.15, 0.2) is 18.3 Å². The van der Waals surface area contributed by atoms with Gasteiger partial charge in [-0.2, -0.15) is 0 Å². The number of hydrogen-bond donors (Lipinski definition) is 1. The lowest BCUT2D eigenvalue weighted by Crippen LogP contribution is -2.01. The van der Waals surface area contributed by atoms with Crippen LogP contribution in [0.4, 0.5) is 10.2 Å². The number of nitrogens with zero attached hydrogens (tertiary/aromatic N) is 1. The van der Waals surface area contributed by atoms with E-state index in [0.29, 0.717) is 12.2 Å². The van der Waals surface area contributed by atoms with Gasteiger partial charge < -0.3 is 10.5 Å². The molecular weight excluding hydrogens is 211 g/mol. The second-order valence-corrected chi connectivity index (χ2v) is 3.05. The van der Waals surface area contributed by atoms with E-state index >= 15 is 0 Å². The van der Waals surface area contributed by atoms with Crippen LogP contribution in [-0.4, -0.2) is 17.6 Å².